The maximum absolute atomic E-state index is 11.2. The summed E-state index contributed by atoms with van der Waals surface area (Å²) in [6.45, 7) is 3.94. The van der Waals surface area contributed by atoms with Gasteiger partial charge in [0.15, 0.2) is 5.13 Å². The van der Waals surface area contributed by atoms with Crippen molar-refractivity contribution in [1.82, 2.24) is 20.3 Å². The van der Waals surface area contributed by atoms with Crippen LogP contribution in [0, 0.1) is 0 Å². The molecule has 0 atom stereocenters. The number of nitrogens with zero attached hydrogens (tertiary/aromatic N) is 3. The van der Waals surface area contributed by atoms with E-state index in [1.165, 1.54) is 17.5 Å². The maximum Gasteiger partial charge on any atom is 0.250 e. The van der Waals surface area contributed by atoms with E-state index in [-0.39, 0.29) is 0 Å². The molecule has 3 heterocycles. The van der Waals surface area contributed by atoms with Gasteiger partial charge in [-0.05, 0) is 12.1 Å². The molecular weight excluding hydrogens is 352 g/mol. The summed E-state index contributed by atoms with van der Waals surface area (Å²) in [4.78, 5) is 34.3. The zero-order chi connectivity index (χ0) is 18.9. The van der Waals surface area contributed by atoms with E-state index >= 15 is 0 Å². The number of hydrogen-bond acceptors (Lipinski definition) is 7. The van der Waals surface area contributed by atoms with Gasteiger partial charge in [0.25, 0.3) is 0 Å². The third kappa shape index (κ3) is 4.84. The Kier molecular flexibility index (Phi) is 6.75. The second-order valence-corrected chi connectivity index (χ2v) is 5.94. The molecule has 0 bridgehead atoms. The molecule has 2 amide bonds. The number of nitrogens with two attached hydrogens (primary N) is 1. The number of carbonyl (C=O) groups excluding carboxylic acids is 2. The van der Waals surface area contributed by atoms with Crippen LogP contribution in [0.15, 0.2) is 43.4 Å². The molecule has 8 nitrogen and oxygen atoms in total. The first-order valence-corrected chi connectivity index (χ1v) is 8.38. The Bertz CT molecular complexity index is 917. The molecule has 4 N–H and O–H groups in total. The van der Waals surface area contributed by atoms with Crippen LogP contribution in [0.3, 0.4) is 0 Å². The summed E-state index contributed by atoms with van der Waals surface area (Å²) in [5.41, 5.74) is 8.07. The van der Waals surface area contributed by atoms with Crippen LogP contribution in [0.5, 0.6) is 0 Å². The van der Waals surface area contributed by atoms with Gasteiger partial charge < -0.3 is 16.4 Å². The fraction of sp³-hybridized carbons (Fsp3) is 0.118. The van der Waals surface area contributed by atoms with Gasteiger partial charge in [-0.15, -0.1) is 6.58 Å². The molecule has 0 fully saturated rings. The second-order valence-electron chi connectivity index (χ2n) is 4.96. The molecule has 0 unspecified atom stereocenters. The molecule has 3 aromatic rings. The number of carbonyl (C=O) groups is 2. The number of nitrogens with one attached hydrogen (secondary N) is 2. The van der Waals surface area contributed by atoms with E-state index in [1.54, 1.807) is 24.5 Å². The summed E-state index contributed by atoms with van der Waals surface area (Å²) in [5, 5.41) is 6.21. The molecule has 0 radical (unpaired) electrons. The van der Waals surface area contributed by atoms with Crippen molar-refractivity contribution in [2.45, 2.75) is 0 Å². The number of rotatable bonds is 6. The zero-order valence-electron chi connectivity index (χ0n) is 14.1. The highest BCUT2D eigenvalue weighted by molar-refractivity contribution is 7.21. The normalized spacial score (nSPS) is 9.73. The predicted octanol–water partition coefficient (Wildman–Crippen LogP) is 1.81. The largest absolute Gasteiger partial charge is 0.366 e. The number of primary amides is 1. The standard InChI is InChI=1S/C13H11N5OS.C4H7NO/c1-15-13-18-10-3-8(6-17-12(10)20-13)7-2-9(11(14)19)5-16-4-7;1-2-3-5-4-6/h2-6H,1H3,(H2,14,19)(H,15,18);2,4H,1,3H2,(H,5,6). The number of pyridine rings is 2. The van der Waals surface area contributed by atoms with Gasteiger partial charge in [0, 0.05) is 43.3 Å². The average Bonchev–Trinajstić information content (AvgIpc) is 3.09. The Morgan fingerprint density at radius 2 is 2.08 bits per heavy atom. The Hall–Kier alpha value is -3.33. The van der Waals surface area contributed by atoms with E-state index in [1.807, 2.05) is 13.1 Å². The van der Waals surface area contributed by atoms with E-state index in [9.17, 15) is 9.59 Å². The molecule has 0 saturated carbocycles. The molecule has 0 spiro atoms. The molecule has 3 rings (SSSR count). The van der Waals surface area contributed by atoms with Crippen molar-refractivity contribution in [3.05, 3.63) is 48.9 Å². The first-order chi connectivity index (χ1) is 12.6. The number of anilines is 1. The molecular formula is C17H18N6O2S. The van der Waals surface area contributed by atoms with E-state index in [0.29, 0.717) is 18.5 Å². The quantitative estimate of drug-likeness (QED) is 0.345. The minimum Gasteiger partial charge on any atom is -0.366 e. The van der Waals surface area contributed by atoms with Crippen LogP contribution < -0.4 is 16.4 Å². The Morgan fingerprint density at radius 1 is 1.31 bits per heavy atom. The minimum absolute atomic E-state index is 0.372. The van der Waals surface area contributed by atoms with Crippen molar-refractivity contribution in [2.24, 2.45) is 5.73 Å². The third-order valence-electron chi connectivity index (χ3n) is 3.16. The third-order valence-corrected chi connectivity index (χ3v) is 4.16. The van der Waals surface area contributed by atoms with Crippen molar-refractivity contribution in [1.29, 1.82) is 0 Å². The van der Waals surface area contributed by atoms with Gasteiger partial charge in [0.2, 0.25) is 12.3 Å². The number of amides is 2. The van der Waals surface area contributed by atoms with E-state index < -0.39 is 5.91 Å². The minimum atomic E-state index is -0.500. The van der Waals surface area contributed by atoms with Crippen LogP contribution in [0.2, 0.25) is 0 Å². The summed E-state index contributed by atoms with van der Waals surface area (Å²) in [6, 6.07) is 3.62. The van der Waals surface area contributed by atoms with E-state index in [4.69, 9.17) is 5.73 Å². The number of fused-ring (bicyclic) bond motifs is 1. The lowest BCUT2D eigenvalue weighted by atomic mass is 10.1. The van der Waals surface area contributed by atoms with Crippen molar-refractivity contribution in [3.63, 3.8) is 0 Å². The molecule has 9 heteroatoms. The van der Waals surface area contributed by atoms with Crippen LogP contribution in [0.4, 0.5) is 5.13 Å². The topological polar surface area (TPSA) is 123 Å². The van der Waals surface area contributed by atoms with Gasteiger partial charge in [0.1, 0.15) is 10.3 Å². The molecule has 0 aliphatic carbocycles. The lowest BCUT2D eigenvalue weighted by Crippen LogP contribution is -2.11. The van der Waals surface area contributed by atoms with Crippen LogP contribution in [-0.4, -0.2) is 40.9 Å². The van der Waals surface area contributed by atoms with Crippen LogP contribution in [0.25, 0.3) is 21.5 Å². The van der Waals surface area contributed by atoms with Gasteiger partial charge in [0.05, 0.1) is 5.56 Å². The highest BCUT2D eigenvalue weighted by Crippen LogP contribution is 2.27. The Balaban J connectivity index is 0.000000352. The Morgan fingerprint density at radius 3 is 2.69 bits per heavy atom. The van der Waals surface area contributed by atoms with Crippen LogP contribution in [-0.2, 0) is 4.79 Å². The number of thiazole rings is 1. The van der Waals surface area contributed by atoms with E-state index in [0.717, 1.165) is 26.6 Å². The number of hydrogen-bond donors (Lipinski definition) is 3. The lowest BCUT2D eigenvalue weighted by Gasteiger charge is -2.02. The maximum atomic E-state index is 11.2. The molecule has 0 aliphatic heterocycles. The molecule has 134 valence electrons. The fourth-order valence-electron chi connectivity index (χ4n) is 1.95. The molecule has 0 aliphatic rings. The zero-order valence-corrected chi connectivity index (χ0v) is 14.9. The van der Waals surface area contributed by atoms with Crippen LogP contribution in [0.1, 0.15) is 10.4 Å². The first-order valence-electron chi connectivity index (χ1n) is 7.56. The van der Waals surface area contributed by atoms with Crippen LogP contribution >= 0.6 is 11.3 Å². The van der Waals surface area contributed by atoms with Gasteiger partial charge in [-0.25, -0.2) is 9.97 Å². The molecule has 0 saturated heterocycles. The highest BCUT2D eigenvalue weighted by Gasteiger charge is 2.08. The van der Waals surface area contributed by atoms with Gasteiger partial charge in [-0.1, -0.05) is 17.4 Å². The van der Waals surface area contributed by atoms with Gasteiger partial charge in [-0.3, -0.25) is 14.6 Å². The monoisotopic (exact) mass is 370 g/mol. The lowest BCUT2D eigenvalue weighted by molar-refractivity contribution is -0.109. The fourth-order valence-corrected chi connectivity index (χ4v) is 2.70. The van der Waals surface area contributed by atoms with Gasteiger partial charge in [-0.2, -0.15) is 0 Å². The molecule has 26 heavy (non-hydrogen) atoms. The van der Waals surface area contributed by atoms with Crippen molar-refractivity contribution in [3.8, 4) is 11.1 Å². The molecule has 0 aromatic carbocycles. The predicted molar refractivity (Wildman–Crippen MR) is 103 cm³/mol. The Labute approximate surface area is 154 Å². The van der Waals surface area contributed by atoms with Crippen molar-refractivity contribution < 1.29 is 9.59 Å². The smallest absolute Gasteiger partial charge is 0.250 e. The SMILES string of the molecule is C=CCNC=O.CNc1nc2cc(-c3cncc(C(N)=O)c3)cnc2s1. The number of aromatic nitrogens is 3. The highest BCUT2D eigenvalue weighted by atomic mass is 32.1. The van der Waals surface area contributed by atoms with Crippen molar-refractivity contribution >= 4 is 39.1 Å². The summed E-state index contributed by atoms with van der Waals surface area (Å²) in [5.74, 6) is -0.500. The summed E-state index contributed by atoms with van der Waals surface area (Å²) >= 11 is 1.49. The summed E-state index contributed by atoms with van der Waals surface area (Å²) < 4.78 is 0. The first kappa shape index (κ1) is 19.0. The van der Waals surface area contributed by atoms with Crippen molar-refractivity contribution in [2.75, 3.05) is 18.9 Å². The second kappa shape index (κ2) is 9.23. The summed E-state index contributed by atoms with van der Waals surface area (Å²) in [7, 11) is 1.82. The van der Waals surface area contributed by atoms with E-state index in [2.05, 4.69) is 32.2 Å². The summed E-state index contributed by atoms with van der Waals surface area (Å²) in [6.07, 6.45) is 7.11. The average molecular weight is 370 g/mol. The molecule has 3 aromatic heterocycles. The van der Waals surface area contributed by atoms with Gasteiger partial charge >= 0.3 is 0 Å².